The van der Waals surface area contributed by atoms with Crippen molar-refractivity contribution < 1.29 is 24.2 Å². The van der Waals surface area contributed by atoms with Gasteiger partial charge in [0.2, 0.25) is 5.91 Å². The third-order valence-corrected chi connectivity index (χ3v) is 6.21. The fourth-order valence-corrected chi connectivity index (χ4v) is 4.39. The predicted octanol–water partition coefficient (Wildman–Crippen LogP) is 5.76. The highest BCUT2D eigenvalue weighted by Gasteiger charge is 2.37. The minimum Gasteiger partial charge on any atom is -0.508 e. The summed E-state index contributed by atoms with van der Waals surface area (Å²) in [7, 11) is 0. The Labute approximate surface area is 236 Å². The summed E-state index contributed by atoms with van der Waals surface area (Å²) in [5.41, 5.74) is 1.81. The number of carbonyl (C=O) groups excluding carboxylic acids is 3. The second-order valence-electron chi connectivity index (χ2n) is 10.7. The van der Waals surface area contributed by atoms with Gasteiger partial charge in [0.05, 0.1) is 0 Å². The summed E-state index contributed by atoms with van der Waals surface area (Å²) < 4.78 is 5.46. The summed E-state index contributed by atoms with van der Waals surface area (Å²) in [5.74, 6) is -1.06. The third kappa shape index (κ3) is 8.33. The molecule has 0 radical (unpaired) electrons. The molecule has 0 spiro atoms. The molecule has 0 aliphatic rings. The number of ether oxygens (including phenoxy) is 1. The van der Waals surface area contributed by atoms with Crippen LogP contribution in [-0.2, 0) is 20.7 Å². The Hall–Kier alpha value is -4.33. The number of anilines is 1. The van der Waals surface area contributed by atoms with Crippen molar-refractivity contribution in [1.29, 1.82) is 0 Å². The molecule has 3 amide bonds. The Morgan fingerprint density at radius 1 is 0.925 bits per heavy atom. The van der Waals surface area contributed by atoms with Gasteiger partial charge in [-0.1, -0.05) is 73.7 Å². The topological polar surface area (TPSA) is 108 Å². The molecule has 3 aromatic carbocycles. The quantitative estimate of drug-likeness (QED) is 0.300. The molecule has 0 saturated heterocycles. The normalized spacial score (nSPS) is 12.6. The van der Waals surface area contributed by atoms with E-state index in [-0.39, 0.29) is 24.3 Å². The number of aromatic hydroxyl groups is 1. The van der Waals surface area contributed by atoms with Crippen molar-refractivity contribution in [2.45, 2.75) is 65.1 Å². The van der Waals surface area contributed by atoms with E-state index in [1.807, 2.05) is 62.4 Å². The van der Waals surface area contributed by atoms with Crippen molar-refractivity contribution in [1.82, 2.24) is 10.2 Å². The first-order valence-corrected chi connectivity index (χ1v) is 13.5. The second kappa shape index (κ2) is 13.6. The molecular weight excluding hydrogens is 506 g/mol. The number of benzene rings is 3. The SMILES string of the molecule is CCCN(C(=O)C(Cc1ccccc1)NC(=O)OC(C)(C)C)C(C(=O)Nc1ccccc1C)c1ccccc1O. The molecule has 0 aliphatic carbocycles. The number of phenolic OH excluding ortho intramolecular Hbond substituents is 1. The summed E-state index contributed by atoms with van der Waals surface area (Å²) in [6, 6.07) is 20.9. The van der Waals surface area contributed by atoms with Gasteiger partial charge in [0.15, 0.2) is 0 Å². The average molecular weight is 546 g/mol. The van der Waals surface area contributed by atoms with Gasteiger partial charge in [0.25, 0.3) is 5.91 Å². The molecule has 212 valence electrons. The van der Waals surface area contributed by atoms with E-state index in [4.69, 9.17) is 4.74 Å². The fraction of sp³-hybridized carbons (Fsp3) is 0.344. The van der Waals surface area contributed by atoms with Gasteiger partial charge < -0.3 is 25.4 Å². The van der Waals surface area contributed by atoms with Crippen molar-refractivity contribution >= 4 is 23.6 Å². The largest absolute Gasteiger partial charge is 0.508 e. The lowest BCUT2D eigenvalue weighted by Crippen LogP contribution is -2.53. The molecule has 0 saturated carbocycles. The van der Waals surface area contributed by atoms with Gasteiger partial charge in [-0.25, -0.2) is 4.79 Å². The highest BCUT2D eigenvalue weighted by atomic mass is 16.6. The number of alkyl carbamates (subject to hydrolysis) is 1. The summed E-state index contributed by atoms with van der Waals surface area (Å²) in [6.07, 6.45) is -0.00834. The maximum Gasteiger partial charge on any atom is 0.408 e. The van der Waals surface area contributed by atoms with E-state index in [1.54, 1.807) is 45.0 Å². The van der Waals surface area contributed by atoms with Gasteiger partial charge in [-0.3, -0.25) is 9.59 Å². The minimum atomic E-state index is -1.16. The minimum absolute atomic E-state index is 0.110. The number of rotatable bonds is 10. The standard InChI is InChI=1S/C32H39N3O5/c1-6-20-35(30(38)26(21-23-15-8-7-9-16-23)34-31(39)40-32(3,4)5)28(24-17-11-13-19-27(24)36)29(37)33-25-18-12-10-14-22(25)2/h7-19,26,28,36H,6,20-21H2,1-5H3,(H,33,37)(H,34,39). The van der Waals surface area contributed by atoms with Crippen LogP contribution < -0.4 is 10.6 Å². The van der Waals surface area contributed by atoms with E-state index in [9.17, 15) is 19.5 Å². The maximum atomic E-state index is 14.3. The number of nitrogens with zero attached hydrogens (tertiary/aromatic N) is 1. The first-order chi connectivity index (χ1) is 19.0. The lowest BCUT2D eigenvalue weighted by molar-refractivity contribution is -0.140. The van der Waals surface area contributed by atoms with Gasteiger partial charge in [-0.15, -0.1) is 0 Å². The lowest BCUT2D eigenvalue weighted by atomic mass is 9.99. The van der Waals surface area contributed by atoms with Crippen LogP contribution in [0.3, 0.4) is 0 Å². The molecule has 8 nitrogen and oxygen atoms in total. The van der Waals surface area contributed by atoms with Gasteiger partial charge in [-0.2, -0.15) is 0 Å². The fourth-order valence-electron chi connectivity index (χ4n) is 4.39. The van der Waals surface area contributed by atoms with E-state index >= 15 is 0 Å². The van der Waals surface area contributed by atoms with Gasteiger partial charge in [0.1, 0.15) is 23.4 Å². The highest BCUT2D eigenvalue weighted by molar-refractivity contribution is 5.99. The molecule has 0 aliphatic heterocycles. The Kier molecular flexibility index (Phi) is 10.3. The zero-order valence-electron chi connectivity index (χ0n) is 23.8. The first-order valence-electron chi connectivity index (χ1n) is 13.5. The van der Waals surface area contributed by atoms with Crippen LogP contribution in [0.1, 0.15) is 56.8 Å². The Balaban J connectivity index is 2.04. The monoisotopic (exact) mass is 545 g/mol. The number of hydrogen-bond donors (Lipinski definition) is 3. The lowest BCUT2D eigenvalue weighted by Gasteiger charge is -2.34. The van der Waals surface area contributed by atoms with E-state index in [1.165, 1.54) is 11.0 Å². The van der Waals surface area contributed by atoms with Crippen LogP contribution in [0, 0.1) is 6.92 Å². The van der Waals surface area contributed by atoms with Crippen LogP contribution in [0.2, 0.25) is 0 Å². The molecule has 40 heavy (non-hydrogen) atoms. The number of amides is 3. The highest BCUT2D eigenvalue weighted by Crippen LogP contribution is 2.31. The summed E-state index contributed by atoms with van der Waals surface area (Å²) in [6.45, 7) is 9.21. The zero-order chi connectivity index (χ0) is 29.3. The molecule has 2 atom stereocenters. The van der Waals surface area contributed by atoms with Crippen molar-refractivity contribution in [2.75, 3.05) is 11.9 Å². The smallest absolute Gasteiger partial charge is 0.408 e. The first kappa shape index (κ1) is 30.2. The molecule has 8 heteroatoms. The molecular formula is C32H39N3O5. The van der Waals surface area contributed by atoms with Crippen molar-refractivity contribution in [3.05, 3.63) is 95.6 Å². The number of carbonyl (C=O) groups is 3. The van der Waals surface area contributed by atoms with Gasteiger partial charge in [-0.05, 0) is 57.4 Å². The average Bonchev–Trinajstić information content (AvgIpc) is 2.89. The molecule has 2 unspecified atom stereocenters. The summed E-state index contributed by atoms with van der Waals surface area (Å²) >= 11 is 0. The molecule has 0 bridgehead atoms. The Morgan fingerprint density at radius 3 is 2.17 bits per heavy atom. The van der Waals surface area contributed by atoms with Crippen LogP contribution in [0.15, 0.2) is 78.9 Å². The van der Waals surface area contributed by atoms with Crippen LogP contribution in [-0.4, -0.2) is 46.1 Å². The van der Waals surface area contributed by atoms with Crippen LogP contribution in [0.25, 0.3) is 0 Å². The van der Waals surface area contributed by atoms with Crippen molar-refractivity contribution in [2.24, 2.45) is 0 Å². The van der Waals surface area contributed by atoms with Gasteiger partial charge in [0, 0.05) is 24.2 Å². The number of para-hydroxylation sites is 2. The Morgan fingerprint density at radius 2 is 1.55 bits per heavy atom. The van der Waals surface area contributed by atoms with E-state index in [0.717, 1.165) is 11.1 Å². The van der Waals surface area contributed by atoms with Gasteiger partial charge >= 0.3 is 6.09 Å². The molecule has 3 aromatic rings. The van der Waals surface area contributed by atoms with Crippen LogP contribution in [0.5, 0.6) is 5.75 Å². The zero-order valence-corrected chi connectivity index (χ0v) is 23.8. The third-order valence-electron chi connectivity index (χ3n) is 6.21. The molecule has 0 fully saturated rings. The number of aryl methyl sites for hydroxylation is 1. The van der Waals surface area contributed by atoms with Crippen LogP contribution >= 0.6 is 0 Å². The number of phenols is 1. The van der Waals surface area contributed by atoms with Crippen LogP contribution in [0.4, 0.5) is 10.5 Å². The van der Waals surface area contributed by atoms with Crippen molar-refractivity contribution in [3.63, 3.8) is 0 Å². The molecule has 3 rings (SSSR count). The second-order valence-corrected chi connectivity index (χ2v) is 10.7. The number of hydrogen-bond acceptors (Lipinski definition) is 5. The molecule has 0 heterocycles. The maximum absolute atomic E-state index is 14.3. The van der Waals surface area contributed by atoms with E-state index < -0.39 is 35.6 Å². The Bertz CT molecular complexity index is 1300. The summed E-state index contributed by atoms with van der Waals surface area (Å²) in [5, 5.41) is 16.5. The van der Waals surface area contributed by atoms with E-state index in [0.29, 0.717) is 12.1 Å². The molecule has 3 N–H and O–H groups in total. The predicted molar refractivity (Wildman–Crippen MR) is 156 cm³/mol. The van der Waals surface area contributed by atoms with E-state index in [2.05, 4.69) is 10.6 Å². The number of nitrogens with one attached hydrogen (secondary N) is 2. The molecule has 0 aromatic heterocycles. The van der Waals surface area contributed by atoms with Crippen molar-refractivity contribution in [3.8, 4) is 5.75 Å². The summed E-state index contributed by atoms with van der Waals surface area (Å²) in [4.78, 5) is 42.4.